The van der Waals surface area contributed by atoms with Gasteiger partial charge in [0.2, 0.25) is 6.29 Å². The standard InChI is InChI=1S/C52H82O21/c1-24-34(57)36(59)39(62)44(68-24)72-42-27(21-53)69-43(41(64)38(42)61)67-22-28-35(58)37(60)40(63)45(70-28)73-46(65)52-17-15-47(2,3)20-26(52)25-9-10-30-48(4)13-12-31(71-33(56)19-32(55)66-8)49(5,23-54)29(48)11-14-51(30,7)50(25,6)16-18-52/h9,24,26-31,34-45,53-54,57-64H,10-23H2,1-8H3/t24-,26+,27-,28-,29+,30+,31-,34-,35-,36+,37+,38-,39-,40-,41-,42-,43-,44+,45+,48-,49-,50+,51+,52+/m0/s1. The van der Waals surface area contributed by atoms with Gasteiger partial charge >= 0.3 is 17.9 Å². The van der Waals surface area contributed by atoms with Crippen LogP contribution in [0.15, 0.2) is 11.6 Å². The van der Waals surface area contributed by atoms with E-state index in [1.807, 2.05) is 6.92 Å². The summed E-state index contributed by atoms with van der Waals surface area (Å²) in [6.07, 6.45) is -16.6. The van der Waals surface area contributed by atoms with Crippen LogP contribution in [0.25, 0.3) is 0 Å². The SMILES string of the molecule is COC(=O)CC(=O)O[C@H]1CC[C@@]2(C)[C@@H](CC[C@]3(C)[C@@H]2CC=C2[C@H]4CC(C)(C)CC[C@@]4(C(=O)O[C@H]4O[C@@H](CO[C@H]5O[C@@H](CO)[C@H](O[C@H]6O[C@@H](C)[C@H](O)[C@@H](O)[C@@H]6O)[C@@H](O)[C@@H]5O)[C@H](O)[C@@H](O)[C@@H]4O)CC[C@]23C)[C@]1(C)CO. The molecule has 0 unspecified atom stereocenters. The van der Waals surface area contributed by atoms with Crippen molar-refractivity contribution in [2.45, 2.75) is 217 Å². The monoisotopic (exact) mass is 1040 g/mol. The van der Waals surface area contributed by atoms with Crippen molar-refractivity contribution in [3.8, 4) is 0 Å². The summed E-state index contributed by atoms with van der Waals surface area (Å²) in [6, 6.07) is 0. The third-order valence-corrected chi connectivity index (χ3v) is 20.2. The Kier molecular flexibility index (Phi) is 16.1. The van der Waals surface area contributed by atoms with Crippen LogP contribution in [0.5, 0.6) is 0 Å². The van der Waals surface area contributed by atoms with E-state index < -0.39 is 147 Å². The predicted octanol–water partition coefficient (Wildman–Crippen LogP) is 0.255. The Morgan fingerprint density at radius 3 is 1.99 bits per heavy atom. The fourth-order valence-corrected chi connectivity index (χ4v) is 15.4. The molecule has 24 atom stereocenters. The smallest absolute Gasteiger partial charge is 0.317 e. The molecule has 8 rings (SSSR count). The van der Waals surface area contributed by atoms with E-state index in [0.29, 0.717) is 38.5 Å². The summed E-state index contributed by atoms with van der Waals surface area (Å²) >= 11 is 0. The summed E-state index contributed by atoms with van der Waals surface area (Å²) in [5.41, 5.74) is -1.52. The van der Waals surface area contributed by atoms with Gasteiger partial charge < -0.3 is 89.0 Å². The van der Waals surface area contributed by atoms with Crippen molar-refractivity contribution in [1.82, 2.24) is 0 Å². The highest BCUT2D eigenvalue weighted by atomic mass is 16.8. The Bertz CT molecular complexity index is 2050. The first-order chi connectivity index (χ1) is 34.2. The van der Waals surface area contributed by atoms with Crippen molar-refractivity contribution in [3.63, 3.8) is 0 Å². The molecule has 3 aliphatic heterocycles. The first kappa shape index (κ1) is 56.7. The third-order valence-electron chi connectivity index (χ3n) is 20.2. The maximum absolute atomic E-state index is 15.1. The van der Waals surface area contributed by atoms with Crippen LogP contribution in [0, 0.1) is 50.2 Å². The quantitative estimate of drug-likeness (QED) is 0.0542. The molecule has 0 aromatic rings. The van der Waals surface area contributed by atoms with Gasteiger partial charge in [-0.3, -0.25) is 14.4 Å². The topological polar surface area (TPSA) is 327 Å². The fraction of sp³-hybridized carbons (Fsp3) is 0.904. The summed E-state index contributed by atoms with van der Waals surface area (Å²) < 4.78 is 45.4. The van der Waals surface area contributed by atoms with E-state index in [2.05, 4.69) is 40.7 Å². The van der Waals surface area contributed by atoms with Gasteiger partial charge in [-0.05, 0) is 111 Å². The highest BCUT2D eigenvalue weighted by molar-refractivity contribution is 5.91. The van der Waals surface area contributed by atoms with E-state index in [-0.39, 0.29) is 46.0 Å². The van der Waals surface area contributed by atoms with Gasteiger partial charge in [0.1, 0.15) is 79.7 Å². The summed E-state index contributed by atoms with van der Waals surface area (Å²) in [5, 5.41) is 108. The number of esters is 3. The second-order valence-electron chi connectivity index (χ2n) is 24.5. The Labute approximate surface area is 426 Å². The number of allylic oxidation sites excluding steroid dienone is 2. The maximum atomic E-state index is 15.1. The number of methoxy groups -OCH3 is 1. The zero-order valence-electron chi connectivity index (χ0n) is 43.4. The van der Waals surface area contributed by atoms with Crippen LogP contribution in [0.3, 0.4) is 0 Å². The third kappa shape index (κ3) is 9.52. The van der Waals surface area contributed by atoms with Crippen LogP contribution in [0.4, 0.5) is 0 Å². The van der Waals surface area contributed by atoms with Gasteiger partial charge in [-0.2, -0.15) is 0 Å². The molecule has 4 saturated carbocycles. The molecule has 73 heavy (non-hydrogen) atoms. The molecule has 21 nitrogen and oxygen atoms in total. The Hall–Kier alpha value is -2.45. The van der Waals surface area contributed by atoms with E-state index in [0.717, 1.165) is 25.7 Å². The molecular formula is C52H82O21. The average molecular weight is 1040 g/mol. The number of hydrogen-bond acceptors (Lipinski definition) is 21. The molecule has 0 spiro atoms. The van der Waals surface area contributed by atoms with Crippen LogP contribution in [0.2, 0.25) is 0 Å². The average Bonchev–Trinajstić information content (AvgIpc) is 3.34. The summed E-state index contributed by atoms with van der Waals surface area (Å²) in [7, 11) is 1.22. The van der Waals surface area contributed by atoms with Crippen molar-refractivity contribution in [2.24, 2.45) is 50.2 Å². The number of rotatable bonds is 12. The molecular weight excluding hydrogens is 961 g/mol. The lowest BCUT2D eigenvalue weighted by Crippen LogP contribution is -2.66. The van der Waals surface area contributed by atoms with Gasteiger partial charge in [0.25, 0.3) is 0 Å². The van der Waals surface area contributed by atoms with Crippen molar-refractivity contribution in [1.29, 1.82) is 0 Å². The zero-order valence-corrected chi connectivity index (χ0v) is 43.4. The lowest BCUT2D eigenvalue weighted by atomic mass is 9.33. The minimum absolute atomic E-state index is 0.00845. The molecule has 10 N–H and O–H groups in total. The molecule has 7 fully saturated rings. The van der Waals surface area contributed by atoms with Crippen molar-refractivity contribution < 1.29 is 103 Å². The molecule has 0 bridgehead atoms. The van der Waals surface area contributed by atoms with E-state index >= 15 is 4.79 Å². The second-order valence-corrected chi connectivity index (χ2v) is 24.5. The Balaban J connectivity index is 0.974. The molecule has 21 heteroatoms. The van der Waals surface area contributed by atoms with Crippen molar-refractivity contribution in [3.05, 3.63) is 11.6 Å². The Morgan fingerprint density at radius 1 is 0.671 bits per heavy atom. The van der Waals surface area contributed by atoms with Crippen LogP contribution in [-0.4, -0.2) is 194 Å². The number of ether oxygens (including phenoxy) is 8. The summed E-state index contributed by atoms with van der Waals surface area (Å²) in [6.45, 7) is 13.3. The van der Waals surface area contributed by atoms with Crippen molar-refractivity contribution in [2.75, 3.05) is 26.9 Å². The van der Waals surface area contributed by atoms with E-state index in [9.17, 15) is 60.7 Å². The summed E-state index contributed by atoms with van der Waals surface area (Å²) in [4.78, 5) is 39.9. The number of aliphatic hydroxyl groups is 10. The summed E-state index contributed by atoms with van der Waals surface area (Å²) in [5.74, 6) is -2.00. The largest absolute Gasteiger partial charge is 0.469 e. The van der Waals surface area contributed by atoms with Gasteiger partial charge in [0.05, 0.1) is 38.4 Å². The number of carbonyl (C=O) groups is 3. The molecule has 8 aliphatic rings. The number of carbonyl (C=O) groups excluding carboxylic acids is 3. The van der Waals surface area contributed by atoms with Gasteiger partial charge in [-0.1, -0.05) is 53.2 Å². The number of fused-ring (bicyclic) bond motifs is 7. The predicted molar refractivity (Wildman–Crippen MR) is 251 cm³/mol. The van der Waals surface area contributed by atoms with Gasteiger partial charge in [-0.15, -0.1) is 0 Å². The zero-order chi connectivity index (χ0) is 53.5. The molecule has 5 aliphatic carbocycles. The minimum Gasteiger partial charge on any atom is -0.469 e. The van der Waals surface area contributed by atoms with Gasteiger partial charge in [0.15, 0.2) is 12.6 Å². The lowest BCUT2D eigenvalue weighted by molar-refractivity contribution is -0.361. The fourth-order valence-electron chi connectivity index (χ4n) is 15.4. The van der Waals surface area contributed by atoms with Crippen LogP contribution < -0.4 is 0 Å². The number of aliphatic hydroxyl groups excluding tert-OH is 10. The van der Waals surface area contributed by atoms with Gasteiger partial charge in [-0.25, -0.2) is 0 Å². The molecule has 416 valence electrons. The normalized spacial score (nSPS) is 50.4. The lowest BCUT2D eigenvalue weighted by Gasteiger charge is -2.71. The maximum Gasteiger partial charge on any atom is 0.317 e. The first-order valence-corrected chi connectivity index (χ1v) is 26.2. The highest BCUT2D eigenvalue weighted by Crippen LogP contribution is 2.76. The van der Waals surface area contributed by atoms with E-state index in [4.69, 9.17) is 37.9 Å². The number of hydrogen-bond donors (Lipinski definition) is 10. The molecule has 3 heterocycles. The van der Waals surface area contributed by atoms with Crippen LogP contribution >= 0.6 is 0 Å². The van der Waals surface area contributed by atoms with E-state index in [1.54, 1.807) is 0 Å². The molecule has 0 aromatic carbocycles. The van der Waals surface area contributed by atoms with Crippen LogP contribution in [-0.2, 0) is 52.3 Å². The van der Waals surface area contributed by atoms with Crippen molar-refractivity contribution >= 4 is 17.9 Å². The van der Waals surface area contributed by atoms with Gasteiger partial charge in [0, 0.05) is 5.41 Å². The molecule has 0 amide bonds. The minimum atomic E-state index is -1.87. The van der Waals surface area contributed by atoms with Crippen LogP contribution in [0.1, 0.15) is 119 Å². The highest BCUT2D eigenvalue weighted by Gasteiger charge is 2.70. The first-order valence-electron chi connectivity index (χ1n) is 26.2. The Morgan fingerprint density at radius 2 is 1.32 bits per heavy atom. The molecule has 3 saturated heterocycles. The molecule has 0 aromatic heterocycles. The molecule has 0 radical (unpaired) electrons. The second kappa shape index (κ2) is 20.7. The van der Waals surface area contributed by atoms with E-state index in [1.165, 1.54) is 19.6 Å².